The van der Waals surface area contributed by atoms with Gasteiger partial charge in [-0.15, -0.1) is 0 Å². The van der Waals surface area contributed by atoms with E-state index in [9.17, 15) is 5.11 Å². The average Bonchev–Trinajstić information content (AvgIpc) is 2.69. The van der Waals surface area contributed by atoms with Gasteiger partial charge in [0.15, 0.2) is 5.65 Å². The van der Waals surface area contributed by atoms with Crippen molar-refractivity contribution in [2.24, 2.45) is 0 Å². The number of nitrogens with one attached hydrogen (secondary N) is 1. The summed E-state index contributed by atoms with van der Waals surface area (Å²) in [4.78, 5) is 16.0. The zero-order chi connectivity index (χ0) is 18.8. The maximum absolute atomic E-state index is 9.36. The molecule has 0 bridgehead atoms. The molecule has 27 heavy (non-hydrogen) atoms. The van der Waals surface area contributed by atoms with E-state index in [0.29, 0.717) is 23.5 Å². The number of pyridine rings is 1. The Morgan fingerprint density at radius 1 is 1.15 bits per heavy atom. The predicted molar refractivity (Wildman–Crippen MR) is 107 cm³/mol. The van der Waals surface area contributed by atoms with Gasteiger partial charge in [0.1, 0.15) is 5.82 Å². The third-order valence-electron chi connectivity index (χ3n) is 5.05. The minimum atomic E-state index is 0.00118. The second-order valence-corrected chi connectivity index (χ2v) is 7.08. The van der Waals surface area contributed by atoms with Gasteiger partial charge in [0.2, 0.25) is 5.95 Å². The molecule has 1 saturated heterocycles. The molecule has 7 nitrogen and oxygen atoms in total. The van der Waals surface area contributed by atoms with Crippen molar-refractivity contribution >= 4 is 22.8 Å². The standard InChI is InChI=1S/C20H24N6O/c1-26-9-7-15(8-10-26)22-20-24-18(21)16-5-6-17(23-19(16)25-20)14-4-2-3-13(11-14)12-27/h2-6,11,15,27H,7-10,12H2,1H3,(H3,21,22,23,24,25). The van der Waals surface area contributed by atoms with Crippen LogP contribution in [-0.2, 0) is 6.61 Å². The van der Waals surface area contributed by atoms with E-state index in [4.69, 9.17) is 5.73 Å². The second kappa shape index (κ2) is 7.46. The van der Waals surface area contributed by atoms with Crippen molar-refractivity contribution in [1.82, 2.24) is 19.9 Å². The molecule has 0 amide bonds. The molecule has 1 fully saturated rings. The smallest absolute Gasteiger partial charge is 0.226 e. The lowest BCUT2D eigenvalue weighted by atomic mass is 10.1. The van der Waals surface area contributed by atoms with Gasteiger partial charge in [-0.3, -0.25) is 0 Å². The number of aliphatic hydroxyl groups excluding tert-OH is 1. The van der Waals surface area contributed by atoms with Gasteiger partial charge in [-0.2, -0.15) is 9.97 Å². The van der Waals surface area contributed by atoms with Crippen LogP contribution in [0.25, 0.3) is 22.3 Å². The number of aliphatic hydroxyl groups is 1. The summed E-state index contributed by atoms with van der Waals surface area (Å²) in [5.74, 6) is 0.960. The Labute approximate surface area is 158 Å². The first-order valence-electron chi connectivity index (χ1n) is 9.22. The van der Waals surface area contributed by atoms with Crippen LogP contribution in [0.5, 0.6) is 0 Å². The Morgan fingerprint density at radius 3 is 2.74 bits per heavy atom. The van der Waals surface area contributed by atoms with Gasteiger partial charge < -0.3 is 21.1 Å². The first kappa shape index (κ1) is 17.6. The number of fused-ring (bicyclic) bond motifs is 1. The SMILES string of the molecule is CN1CCC(Nc2nc(N)c3ccc(-c4cccc(CO)c4)nc3n2)CC1. The molecule has 1 aliphatic rings. The topological polar surface area (TPSA) is 100 Å². The first-order valence-corrected chi connectivity index (χ1v) is 9.22. The van der Waals surface area contributed by atoms with E-state index in [0.717, 1.165) is 48.1 Å². The maximum Gasteiger partial charge on any atom is 0.226 e. The number of piperidine rings is 1. The Kier molecular flexibility index (Phi) is 4.87. The van der Waals surface area contributed by atoms with E-state index in [1.165, 1.54) is 0 Å². The Hall–Kier alpha value is -2.77. The van der Waals surface area contributed by atoms with Crippen LogP contribution in [0, 0.1) is 0 Å². The molecule has 2 aromatic heterocycles. The largest absolute Gasteiger partial charge is 0.392 e. The van der Waals surface area contributed by atoms with E-state index >= 15 is 0 Å². The fourth-order valence-corrected chi connectivity index (χ4v) is 3.42. The van der Waals surface area contributed by atoms with Gasteiger partial charge >= 0.3 is 0 Å². The van der Waals surface area contributed by atoms with E-state index in [-0.39, 0.29) is 6.61 Å². The van der Waals surface area contributed by atoms with Crippen molar-refractivity contribution < 1.29 is 5.11 Å². The Bertz CT molecular complexity index is 952. The number of nitrogens with zero attached hydrogens (tertiary/aromatic N) is 4. The molecule has 7 heteroatoms. The fourth-order valence-electron chi connectivity index (χ4n) is 3.42. The van der Waals surface area contributed by atoms with Crippen molar-refractivity contribution in [3.05, 3.63) is 42.0 Å². The summed E-state index contributed by atoms with van der Waals surface area (Å²) in [6, 6.07) is 11.8. The summed E-state index contributed by atoms with van der Waals surface area (Å²) in [7, 11) is 2.14. The molecule has 1 aliphatic heterocycles. The molecule has 140 valence electrons. The molecule has 0 saturated carbocycles. The van der Waals surface area contributed by atoms with Crippen molar-refractivity contribution in [3.8, 4) is 11.3 Å². The molecule has 0 unspecified atom stereocenters. The summed E-state index contributed by atoms with van der Waals surface area (Å²) >= 11 is 0. The van der Waals surface area contributed by atoms with Crippen LogP contribution in [-0.4, -0.2) is 51.1 Å². The second-order valence-electron chi connectivity index (χ2n) is 7.08. The number of aromatic nitrogens is 3. The highest BCUT2D eigenvalue weighted by atomic mass is 16.3. The maximum atomic E-state index is 9.36. The fraction of sp³-hybridized carbons (Fsp3) is 0.350. The summed E-state index contributed by atoms with van der Waals surface area (Å²) in [5.41, 5.74) is 9.30. The Morgan fingerprint density at radius 2 is 1.96 bits per heavy atom. The van der Waals surface area contributed by atoms with Gasteiger partial charge in [-0.25, -0.2) is 4.98 Å². The predicted octanol–water partition coefficient (Wildman–Crippen LogP) is 2.27. The van der Waals surface area contributed by atoms with Gasteiger partial charge in [-0.1, -0.05) is 18.2 Å². The quantitative estimate of drug-likeness (QED) is 0.653. The first-order chi connectivity index (χ1) is 13.1. The number of anilines is 2. The van der Waals surface area contributed by atoms with Crippen molar-refractivity contribution in [2.45, 2.75) is 25.5 Å². The van der Waals surface area contributed by atoms with Crippen LogP contribution in [0.4, 0.5) is 11.8 Å². The summed E-state index contributed by atoms with van der Waals surface area (Å²) in [5, 5.41) is 13.5. The van der Waals surface area contributed by atoms with E-state index < -0.39 is 0 Å². The lowest BCUT2D eigenvalue weighted by Crippen LogP contribution is -2.37. The minimum absolute atomic E-state index is 0.00118. The highest BCUT2D eigenvalue weighted by Crippen LogP contribution is 2.25. The normalized spacial score (nSPS) is 15.9. The lowest BCUT2D eigenvalue weighted by Gasteiger charge is -2.29. The molecular formula is C20H24N6O. The van der Waals surface area contributed by atoms with Crippen LogP contribution >= 0.6 is 0 Å². The number of nitrogens with two attached hydrogens (primary N) is 1. The molecule has 0 aliphatic carbocycles. The van der Waals surface area contributed by atoms with Crippen molar-refractivity contribution in [1.29, 1.82) is 0 Å². The zero-order valence-electron chi connectivity index (χ0n) is 15.4. The van der Waals surface area contributed by atoms with Crippen molar-refractivity contribution in [2.75, 3.05) is 31.2 Å². The summed E-state index contributed by atoms with van der Waals surface area (Å²) in [6.45, 7) is 2.12. The van der Waals surface area contributed by atoms with Crippen LogP contribution in [0.3, 0.4) is 0 Å². The van der Waals surface area contributed by atoms with Gasteiger partial charge in [0.05, 0.1) is 17.7 Å². The van der Waals surface area contributed by atoms with Crippen LogP contribution < -0.4 is 11.1 Å². The molecule has 4 rings (SSSR count). The number of benzene rings is 1. The number of nitrogen functional groups attached to an aromatic ring is 1. The van der Waals surface area contributed by atoms with Crippen LogP contribution in [0.1, 0.15) is 18.4 Å². The summed E-state index contributed by atoms with van der Waals surface area (Å²) < 4.78 is 0. The number of likely N-dealkylation sites (tertiary alicyclic amines) is 1. The van der Waals surface area contributed by atoms with E-state index in [1.54, 1.807) is 0 Å². The highest BCUT2D eigenvalue weighted by molar-refractivity contribution is 5.88. The zero-order valence-corrected chi connectivity index (χ0v) is 15.4. The number of hydrogen-bond acceptors (Lipinski definition) is 7. The van der Waals surface area contributed by atoms with Crippen molar-refractivity contribution in [3.63, 3.8) is 0 Å². The molecule has 0 spiro atoms. The molecule has 0 radical (unpaired) electrons. The molecule has 1 aromatic carbocycles. The molecule has 3 heterocycles. The number of rotatable bonds is 4. The Balaban J connectivity index is 1.65. The third kappa shape index (κ3) is 3.84. The van der Waals surface area contributed by atoms with E-state index in [1.807, 2.05) is 36.4 Å². The molecule has 3 aromatic rings. The van der Waals surface area contributed by atoms with Crippen LogP contribution in [0.2, 0.25) is 0 Å². The summed E-state index contributed by atoms with van der Waals surface area (Å²) in [6.07, 6.45) is 2.11. The minimum Gasteiger partial charge on any atom is -0.392 e. The van der Waals surface area contributed by atoms with E-state index in [2.05, 4.69) is 32.2 Å². The van der Waals surface area contributed by atoms with Gasteiger partial charge in [0.25, 0.3) is 0 Å². The molecular weight excluding hydrogens is 340 g/mol. The van der Waals surface area contributed by atoms with Crippen LogP contribution in [0.15, 0.2) is 36.4 Å². The highest BCUT2D eigenvalue weighted by Gasteiger charge is 2.18. The lowest BCUT2D eigenvalue weighted by molar-refractivity contribution is 0.263. The number of hydrogen-bond donors (Lipinski definition) is 3. The van der Waals surface area contributed by atoms with Gasteiger partial charge in [-0.05, 0) is 56.7 Å². The average molecular weight is 364 g/mol. The molecule has 4 N–H and O–H groups in total. The third-order valence-corrected chi connectivity index (χ3v) is 5.05. The molecule has 0 atom stereocenters. The monoisotopic (exact) mass is 364 g/mol. The van der Waals surface area contributed by atoms with Gasteiger partial charge in [0, 0.05) is 11.6 Å².